The van der Waals surface area contributed by atoms with Crippen molar-refractivity contribution in [3.05, 3.63) is 128 Å². The molecule has 1 aromatic heterocycles. The molecule has 0 aliphatic carbocycles. The Hall–Kier alpha value is -4.40. The lowest BCUT2D eigenvalue weighted by Gasteiger charge is -2.38. The largest absolute Gasteiger partial charge is 0.496 e. The lowest BCUT2D eigenvalue weighted by Crippen LogP contribution is -2.38. The number of aromatic nitrogens is 2. The van der Waals surface area contributed by atoms with Crippen molar-refractivity contribution in [2.45, 2.75) is 57.0 Å². The van der Waals surface area contributed by atoms with Crippen LogP contribution in [0.4, 0.5) is 0 Å². The van der Waals surface area contributed by atoms with Crippen LogP contribution in [0.2, 0.25) is 19.6 Å². The third-order valence-corrected chi connectivity index (χ3v) is 8.85. The van der Waals surface area contributed by atoms with Gasteiger partial charge in [-0.3, -0.25) is 14.3 Å². The van der Waals surface area contributed by atoms with Gasteiger partial charge in [-0.05, 0) is 36.8 Å². The van der Waals surface area contributed by atoms with Gasteiger partial charge < -0.3 is 24.1 Å². The van der Waals surface area contributed by atoms with Gasteiger partial charge in [-0.15, -0.1) is 5.54 Å². The molecule has 1 aliphatic heterocycles. The minimum atomic E-state index is -1.59. The molecule has 46 heavy (non-hydrogen) atoms. The molecular weight excluding hydrogens is 600 g/mol. The van der Waals surface area contributed by atoms with Crippen molar-refractivity contribution in [1.82, 2.24) is 9.55 Å². The van der Waals surface area contributed by atoms with E-state index in [9.17, 15) is 14.7 Å². The Morgan fingerprint density at radius 3 is 2.11 bits per heavy atom. The minimum Gasteiger partial charge on any atom is -0.496 e. The van der Waals surface area contributed by atoms with Crippen LogP contribution in [0.1, 0.15) is 40.5 Å². The number of hydrogen-bond donors (Lipinski definition) is 2. The normalized spacial score (nSPS) is 18.1. The second-order valence-electron chi connectivity index (χ2n) is 12.4. The standard InChI is InChI=1S/C36H40N2O7Si/c1-24-22-38(35(41)37-34(24)40)33-21-29(39)32(45-33)23-44-36(27-11-7-9-13-30(27)42-2,28-12-8-10-14-31(28)43-3)26-17-15-25(16-18-26)19-20-46(4,5)6/h7-18,22,29,32-33,39H,21,23H2,1-6H3,(H,37,40,41)/t29-,32?,33+/m0/s1. The van der Waals surface area contributed by atoms with Crippen LogP contribution in [-0.4, -0.2) is 55.8 Å². The number of H-pyrrole nitrogens is 1. The summed E-state index contributed by atoms with van der Waals surface area (Å²) in [6.45, 7) is 8.17. The number of nitrogens with one attached hydrogen (secondary N) is 1. The maximum absolute atomic E-state index is 12.6. The highest BCUT2D eigenvalue weighted by atomic mass is 28.3. The van der Waals surface area contributed by atoms with Gasteiger partial charge in [0.15, 0.2) is 5.60 Å². The van der Waals surface area contributed by atoms with Crippen LogP contribution >= 0.6 is 0 Å². The number of para-hydroxylation sites is 2. The van der Waals surface area contributed by atoms with Crippen LogP contribution in [-0.2, 0) is 15.1 Å². The number of rotatable bonds is 9. The second kappa shape index (κ2) is 13.5. The van der Waals surface area contributed by atoms with Gasteiger partial charge in [0.05, 0.1) is 26.9 Å². The number of ether oxygens (including phenoxy) is 4. The highest BCUT2D eigenvalue weighted by Crippen LogP contribution is 2.48. The van der Waals surface area contributed by atoms with Crippen molar-refractivity contribution in [1.29, 1.82) is 0 Å². The zero-order chi connectivity index (χ0) is 33.1. The van der Waals surface area contributed by atoms with Crippen LogP contribution < -0.4 is 20.7 Å². The molecule has 3 aromatic carbocycles. The van der Waals surface area contributed by atoms with E-state index in [-0.39, 0.29) is 13.0 Å². The van der Waals surface area contributed by atoms with Crippen molar-refractivity contribution in [2.24, 2.45) is 0 Å². The predicted octanol–water partition coefficient (Wildman–Crippen LogP) is 4.75. The molecule has 2 N–H and O–H groups in total. The molecule has 10 heteroatoms. The molecule has 0 saturated carbocycles. The Morgan fingerprint density at radius 1 is 0.957 bits per heavy atom. The summed E-state index contributed by atoms with van der Waals surface area (Å²) in [4.78, 5) is 26.9. The number of aromatic amines is 1. The van der Waals surface area contributed by atoms with Crippen LogP contribution in [0, 0.1) is 18.4 Å². The molecule has 0 bridgehead atoms. The molecule has 0 amide bonds. The Morgan fingerprint density at radius 2 is 1.54 bits per heavy atom. The fourth-order valence-electron chi connectivity index (χ4n) is 5.66. The van der Waals surface area contributed by atoms with Gasteiger partial charge in [-0.2, -0.15) is 0 Å². The molecule has 1 saturated heterocycles. The van der Waals surface area contributed by atoms with E-state index in [2.05, 4.69) is 36.1 Å². The quantitative estimate of drug-likeness (QED) is 0.154. The SMILES string of the molecule is COc1ccccc1C(OCC1O[C@@H](n2cc(C)c(=O)[nH]c2=O)C[C@@H]1O)(c1ccc(C#C[Si](C)(C)C)cc1)c1ccccc1OC. The fraction of sp³-hybridized carbons (Fsp3) is 0.333. The van der Waals surface area contributed by atoms with Crippen molar-refractivity contribution in [2.75, 3.05) is 20.8 Å². The third kappa shape index (κ3) is 6.73. The minimum absolute atomic E-state index is 0.0535. The smallest absolute Gasteiger partial charge is 0.330 e. The van der Waals surface area contributed by atoms with Gasteiger partial charge >= 0.3 is 5.69 Å². The first-order valence-corrected chi connectivity index (χ1v) is 18.7. The van der Waals surface area contributed by atoms with E-state index in [1.54, 1.807) is 21.1 Å². The molecule has 0 spiro atoms. The van der Waals surface area contributed by atoms with Crippen LogP contribution in [0.15, 0.2) is 88.6 Å². The first-order valence-electron chi connectivity index (χ1n) is 15.2. The fourth-order valence-corrected chi connectivity index (χ4v) is 6.18. The van der Waals surface area contributed by atoms with Gasteiger partial charge in [0, 0.05) is 34.9 Å². The van der Waals surface area contributed by atoms with Gasteiger partial charge in [0.1, 0.15) is 31.9 Å². The number of aliphatic hydroxyl groups excluding tert-OH is 1. The average Bonchev–Trinajstić information content (AvgIpc) is 3.42. The Kier molecular flexibility index (Phi) is 9.70. The summed E-state index contributed by atoms with van der Waals surface area (Å²) in [7, 11) is 1.63. The van der Waals surface area contributed by atoms with E-state index in [0.717, 1.165) is 22.3 Å². The summed E-state index contributed by atoms with van der Waals surface area (Å²) in [5, 5.41) is 11.2. The number of aryl methyl sites for hydroxylation is 1. The molecule has 9 nitrogen and oxygen atoms in total. The van der Waals surface area contributed by atoms with Crippen molar-refractivity contribution in [3.8, 4) is 23.0 Å². The van der Waals surface area contributed by atoms with Crippen molar-refractivity contribution in [3.63, 3.8) is 0 Å². The molecule has 4 aromatic rings. The van der Waals surface area contributed by atoms with E-state index >= 15 is 0 Å². The number of aliphatic hydroxyl groups is 1. The number of methoxy groups -OCH3 is 2. The average molecular weight is 641 g/mol. The maximum Gasteiger partial charge on any atom is 0.330 e. The summed E-state index contributed by atoms with van der Waals surface area (Å²) in [5.74, 6) is 4.51. The van der Waals surface area contributed by atoms with Gasteiger partial charge in [-0.1, -0.05) is 74.1 Å². The number of benzene rings is 3. The molecule has 2 heterocycles. The summed E-state index contributed by atoms with van der Waals surface area (Å²) in [6.07, 6.45) is -0.947. The molecule has 0 radical (unpaired) electrons. The lowest BCUT2D eigenvalue weighted by atomic mass is 9.78. The Labute approximate surface area is 269 Å². The summed E-state index contributed by atoms with van der Waals surface area (Å²) < 4.78 is 26.3. The van der Waals surface area contributed by atoms with E-state index in [1.165, 1.54) is 10.8 Å². The zero-order valence-electron chi connectivity index (χ0n) is 27.0. The molecular formula is C36H40N2O7Si. The van der Waals surface area contributed by atoms with Crippen molar-refractivity contribution < 1.29 is 24.1 Å². The first kappa shape index (κ1) is 33.0. The van der Waals surface area contributed by atoms with E-state index in [0.29, 0.717) is 17.1 Å². The van der Waals surface area contributed by atoms with Gasteiger partial charge in [0.2, 0.25) is 0 Å². The van der Waals surface area contributed by atoms with E-state index < -0.39 is 43.4 Å². The summed E-state index contributed by atoms with van der Waals surface area (Å²) in [6, 6.07) is 23.2. The number of hydrogen-bond acceptors (Lipinski definition) is 7. The third-order valence-electron chi connectivity index (χ3n) is 7.97. The molecule has 1 unspecified atom stereocenters. The molecule has 3 atom stereocenters. The first-order chi connectivity index (χ1) is 22.0. The van der Waals surface area contributed by atoms with Gasteiger partial charge in [0.25, 0.3) is 5.56 Å². The molecule has 5 rings (SSSR count). The van der Waals surface area contributed by atoms with E-state index in [4.69, 9.17) is 18.9 Å². The highest BCUT2D eigenvalue weighted by molar-refractivity contribution is 6.83. The van der Waals surface area contributed by atoms with Crippen LogP contribution in [0.3, 0.4) is 0 Å². The van der Waals surface area contributed by atoms with Crippen molar-refractivity contribution >= 4 is 8.07 Å². The topological polar surface area (TPSA) is 112 Å². The lowest BCUT2D eigenvalue weighted by molar-refractivity contribution is -0.0951. The molecule has 1 fully saturated rings. The Balaban J connectivity index is 1.63. The summed E-state index contributed by atoms with van der Waals surface area (Å²) in [5.41, 5.74) is 4.55. The number of nitrogens with zero attached hydrogens (tertiary/aromatic N) is 1. The molecule has 240 valence electrons. The van der Waals surface area contributed by atoms with Gasteiger partial charge in [-0.25, -0.2) is 4.79 Å². The Bertz CT molecular complexity index is 1820. The van der Waals surface area contributed by atoms with Crippen LogP contribution in [0.5, 0.6) is 11.5 Å². The predicted molar refractivity (Wildman–Crippen MR) is 179 cm³/mol. The van der Waals surface area contributed by atoms with E-state index in [1.807, 2.05) is 72.8 Å². The second-order valence-corrected chi connectivity index (χ2v) is 17.1. The maximum atomic E-state index is 12.6. The zero-order valence-corrected chi connectivity index (χ0v) is 28.0. The monoisotopic (exact) mass is 640 g/mol. The molecule has 1 aliphatic rings. The van der Waals surface area contributed by atoms with Crippen LogP contribution in [0.25, 0.3) is 0 Å². The summed E-state index contributed by atoms with van der Waals surface area (Å²) >= 11 is 0. The highest BCUT2D eigenvalue weighted by Gasteiger charge is 2.45.